The number of carbonyl (C=O) groups excluding carboxylic acids is 2. The molecule has 0 aliphatic heterocycles. The van der Waals surface area contributed by atoms with Crippen LogP contribution in [0, 0.1) is 0 Å². The highest BCUT2D eigenvalue weighted by molar-refractivity contribution is 7.86. The maximum absolute atomic E-state index is 13.1. The van der Waals surface area contributed by atoms with E-state index in [1.54, 1.807) is 72.8 Å². The van der Waals surface area contributed by atoms with Crippen molar-refractivity contribution in [2.75, 3.05) is 0 Å². The Labute approximate surface area is 190 Å². The lowest BCUT2D eigenvalue weighted by Gasteiger charge is -2.11. The van der Waals surface area contributed by atoms with Crippen molar-refractivity contribution in [1.29, 1.82) is 0 Å². The Hall–Kier alpha value is -4.07. The first-order valence-electron chi connectivity index (χ1n) is 9.92. The Morgan fingerprint density at radius 3 is 1.73 bits per heavy atom. The van der Waals surface area contributed by atoms with Gasteiger partial charge in [-0.2, -0.15) is 8.42 Å². The van der Waals surface area contributed by atoms with Gasteiger partial charge >= 0.3 is 0 Å². The van der Waals surface area contributed by atoms with Gasteiger partial charge in [-0.3, -0.25) is 14.1 Å². The second-order valence-electron chi connectivity index (χ2n) is 7.16. The monoisotopic (exact) mass is 458 g/mol. The van der Waals surface area contributed by atoms with Gasteiger partial charge < -0.3 is 4.74 Å². The normalized spacial score (nSPS) is 11.1. The van der Waals surface area contributed by atoms with Gasteiger partial charge in [0, 0.05) is 22.3 Å². The lowest BCUT2D eigenvalue weighted by molar-refractivity contribution is 0.103. The molecule has 0 saturated heterocycles. The van der Waals surface area contributed by atoms with Crippen molar-refractivity contribution < 1.29 is 27.3 Å². The highest BCUT2D eigenvalue weighted by Crippen LogP contribution is 2.30. The van der Waals surface area contributed by atoms with Crippen LogP contribution < -0.4 is 4.74 Å². The summed E-state index contributed by atoms with van der Waals surface area (Å²) in [5.41, 5.74) is 1.03. The van der Waals surface area contributed by atoms with Gasteiger partial charge in [-0.25, -0.2) is 0 Å². The molecule has 4 aromatic rings. The van der Waals surface area contributed by atoms with Gasteiger partial charge in [-0.1, -0.05) is 66.7 Å². The molecule has 33 heavy (non-hydrogen) atoms. The average Bonchev–Trinajstić information content (AvgIpc) is 2.84. The fraction of sp³-hybridized carbons (Fsp3) is 0. The zero-order valence-corrected chi connectivity index (χ0v) is 18.0. The predicted molar refractivity (Wildman–Crippen MR) is 123 cm³/mol. The van der Waals surface area contributed by atoms with E-state index in [9.17, 15) is 22.6 Å². The number of benzene rings is 4. The molecule has 4 rings (SSSR count). The Balaban J connectivity index is 1.68. The van der Waals surface area contributed by atoms with Gasteiger partial charge in [0.1, 0.15) is 16.4 Å². The minimum Gasteiger partial charge on any atom is -0.456 e. The third kappa shape index (κ3) is 5.06. The van der Waals surface area contributed by atoms with Gasteiger partial charge in [0.15, 0.2) is 11.6 Å². The number of hydrogen-bond acceptors (Lipinski definition) is 5. The van der Waals surface area contributed by atoms with Gasteiger partial charge in [0.2, 0.25) is 0 Å². The summed E-state index contributed by atoms with van der Waals surface area (Å²) in [4.78, 5) is 25.3. The number of ether oxygens (including phenoxy) is 1. The molecule has 0 amide bonds. The summed E-state index contributed by atoms with van der Waals surface area (Å²) in [5, 5.41) is 0. The average molecular weight is 458 g/mol. The van der Waals surface area contributed by atoms with Crippen LogP contribution in [0.3, 0.4) is 0 Å². The summed E-state index contributed by atoms with van der Waals surface area (Å²) in [7, 11) is -4.68. The number of para-hydroxylation sites is 1. The van der Waals surface area contributed by atoms with E-state index in [0.29, 0.717) is 16.9 Å². The topological polar surface area (TPSA) is 97.7 Å². The molecule has 0 heterocycles. The van der Waals surface area contributed by atoms with Crippen molar-refractivity contribution >= 4 is 21.7 Å². The molecular formula is C26H18O6S. The Kier molecular flexibility index (Phi) is 6.17. The van der Waals surface area contributed by atoms with E-state index in [4.69, 9.17) is 4.74 Å². The van der Waals surface area contributed by atoms with Crippen LogP contribution in [0.4, 0.5) is 0 Å². The molecule has 0 aromatic heterocycles. The zero-order chi connectivity index (χ0) is 23.4. The molecule has 0 bridgehead atoms. The van der Waals surface area contributed by atoms with Gasteiger partial charge in [0.05, 0.1) is 0 Å². The van der Waals surface area contributed by atoms with E-state index in [-0.39, 0.29) is 22.7 Å². The summed E-state index contributed by atoms with van der Waals surface area (Å²) >= 11 is 0. The third-order valence-corrected chi connectivity index (χ3v) is 5.75. The van der Waals surface area contributed by atoms with Crippen molar-refractivity contribution in [3.63, 3.8) is 0 Å². The van der Waals surface area contributed by atoms with Crippen molar-refractivity contribution in [3.8, 4) is 11.5 Å². The first-order valence-corrected chi connectivity index (χ1v) is 11.4. The van der Waals surface area contributed by atoms with Crippen LogP contribution in [-0.4, -0.2) is 24.5 Å². The molecule has 7 heteroatoms. The molecule has 0 saturated carbocycles. The summed E-state index contributed by atoms with van der Waals surface area (Å²) in [6, 6.07) is 27.1. The van der Waals surface area contributed by atoms with Crippen LogP contribution in [0.15, 0.2) is 108 Å². The summed E-state index contributed by atoms with van der Waals surface area (Å²) in [6.07, 6.45) is 0. The lowest BCUT2D eigenvalue weighted by atomic mass is 9.97. The second-order valence-corrected chi connectivity index (χ2v) is 8.55. The molecule has 0 fully saturated rings. The summed E-state index contributed by atoms with van der Waals surface area (Å²) in [6.45, 7) is 0. The SMILES string of the molecule is O=C(c1ccccc1)c1cccc(C(=O)c2ccc(Oc3ccccc3)c(S(=O)(=O)O)c2)c1. The Morgan fingerprint density at radius 1 is 0.606 bits per heavy atom. The fourth-order valence-electron chi connectivity index (χ4n) is 3.28. The van der Waals surface area contributed by atoms with E-state index in [1.165, 1.54) is 24.3 Å². The van der Waals surface area contributed by atoms with Gasteiger partial charge in [0.25, 0.3) is 10.1 Å². The molecule has 0 aliphatic carbocycles. The summed E-state index contributed by atoms with van der Waals surface area (Å²) < 4.78 is 39.2. The molecular weight excluding hydrogens is 440 g/mol. The molecule has 0 spiro atoms. The van der Waals surface area contributed by atoms with Crippen LogP contribution in [-0.2, 0) is 10.1 Å². The molecule has 0 aliphatic rings. The van der Waals surface area contributed by atoms with E-state index in [0.717, 1.165) is 6.07 Å². The molecule has 0 unspecified atom stereocenters. The molecule has 164 valence electrons. The Morgan fingerprint density at radius 2 is 1.12 bits per heavy atom. The van der Waals surface area contributed by atoms with Crippen molar-refractivity contribution in [2.45, 2.75) is 4.90 Å². The third-order valence-electron chi connectivity index (χ3n) is 4.88. The largest absolute Gasteiger partial charge is 0.456 e. The summed E-state index contributed by atoms with van der Waals surface area (Å²) in [5.74, 6) is -0.494. The van der Waals surface area contributed by atoms with Crippen LogP contribution in [0.25, 0.3) is 0 Å². The minimum absolute atomic E-state index is 0.0207. The molecule has 0 atom stereocenters. The van der Waals surface area contributed by atoms with Crippen molar-refractivity contribution in [1.82, 2.24) is 0 Å². The van der Waals surface area contributed by atoms with Crippen LogP contribution >= 0.6 is 0 Å². The zero-order valence-electron chi connectivity index (χ0n) is 17.2. The molecule has 6 nitrogen and oxygen atoms in total. The highest BCUT2D eigenvalue weighted by atomic mass is 32.2. The highest BCUT2D eigenvalue weighted by Gasteiger charge is 2.21. The quantitative estimate of drug-likeness (QED) is 0.302. The first kappa shape index (κ1) is 22.1. The van der Waals surface area contributed by atoms with E-state index in [1.807, 2.05) is 0 Å². The number of carbonyl (C=O) groups is 2. The lowest BCUT2D eigenvalue weighted by Crippen LogP contribution is -2.08. The maximum Gasteiger partial charge on any atom is 0.298 e. The molecule has 0 radical (unpaired) electrons. The van der Waals surface area contributed by atoms with E-state index < -0.39 is 20.8 Å². The van der Waals surface area contributed by atoms with Crippen molar-refractivity contribution in [2.24, 2.45) is 0 Å². The predicted octanol–water partition coefficient (Wildman–Crippen LogP) is 5.19. The van der Waals surface area contributed by atoms with E-state index in [2.05, 4.69) is 0 Å². The molecule has 4 aromatic carbocycles. The van der Waals surface area contributed by atoms with Crippen LogP contribution in [0.5, 0.6) is 11.5 Å². The second kappa shape index (κ2) is 9.20. The fourth-order valence-corrected chi connectivity index (χ4v) is 3.92. The first-order chi connectivity index (χ1) is 15.8. The standard InChI is InChI=1S/C26H18O6S/c27-25(18-8-3-1-4-9-18)19-10-7-11-20(16-19)26(28)21-14-15-23(24(17-21)33(29,30)31)32-22-12-5-2-6-13-22/h1-17H,(H,29,30,31). The van der Waals surface area contributed by atoms with Gasteiger partial charge in [-0.15, -0.1) is 0 Å². The van der Waals surface area contributed by atoms with Gasteiger partial charge in [-0.05, 0) is 36.4 Å². The Bertz CT molecular complexity index is 1430. The number of rotatable bonds is 7. The molecule has 1 N–H and O–H groups in total. The van der Waals surface area contributed by atoms with Crippen LogP contribution in [0.1, 0.15) is 31.8 Å². The van der Waals surface area contributed by atoms with E-state index >= 15 is 0 Å². The number of ketones is 2. The van der Waals surface area contributed by atoms with Crippen molar-refractivity contribution in [3.05, 3.63) is 125 Å². The number of hydrogen-bond donors (Lipinski definition) is 1. The maximum atomic E-state index is 13.1. The smallest absolute Gasteiger partial charge is 0.298 e. The minimum atomic E-state index is -4.68. The van der Waals surface area contributed by atoms with Crippen LogP contribution in [0.2, 0.25) is 0 Å².